The van der Waals surface area contributed by atoms with E-state index in [1.165, 1.54) is 6.42 Å². The molecule has 1 aliphatic rings. The normalized spacial score (nSPS) is 34.9. The van der Waals surface area contributed by atoms with Gasteiger partial charge in [-0.05, 0) is 18.9 Å². The van der Waals surface area contributed by atoms with E-state index >= 15 is 0 Å². The number of aliphatic hydroxyl groups excluding tert-OH is 2. The highest BCUT2D eigenvalue weighted by molar-refractivity contribution is 4.89. The van der Waals surface area contributed by atoms with Gasteiger partial charge in [0.05, 0.1) is 12.4 Å². The molecule has 0 saturated heterocycles. The van der Waals surface area contributed by atoms with Crippen LogP contribution in [0.25, 0.3) is 0 Å². The topological polar surface area (TPSA) is 40.5 Å². The maximum absolute atomic E-state index is 9.34. The first-order chi connectivity index (χ1) is 4.84. The molecular formula is C8H14O2. The van der Waals surface area contributed by atoms with Crippen LogP contribution in [0.4, 0.5) is 0 Å². The predicted molar refractivity (Wildman–Crippen MR) is 39.7 cm³/mol. The number of hydrogen-bond acceptors (Lipinski definition) is 2. The van der Waals surface area contributed by atoms with Gasteiger partial charge >= 0.3 is 0 Å². The molecule has 10 heavy (non-hydrogen) atoms. The zero-order valence-corrected chi connectivity index (χ0v) is 6.03. The van der Waals surface area contributed by atoms with Crippen molar-refractivity contribution in [1.82, 2.24) is 0 Å². The first-order valence-corrected chi connectivity index (χ1v) is 3.83. The van der Waals surface area contributed by atoms with Crippen LogP contribution in [-0.4, -0.2) is 16.3 Å². The molecule has 0 amide bonds. The second kappa shape index (κ2) is 3.62. The fraction of sp³-hybridized carbons (Fsp3) is 0.750. The molecule has 1 aliphatic carbocycles. The highest BCUT2D eigenvalue weighted by Crippen LogP contribution is 2.24. The number of rotatable bonds is 1. The van der Waals surface area contributed by atoms with Crippen LogP contribution in [0.5, 0.6) is 0 Å². The average molecular weight is 142 g/mol. The molecule has 0 aromatic carbocycles. The lowest BCUT2D eigenvalue weighted by Crippen LogP contribution is -2.22. The Kier molecular flexibility index (Phi) is 2.75. The first kappa shape index (κ1) is 7.61. The minimum atomic E-state index is -0.225. The Bertz CT molecular complexity index is 120. The summed E-state index contributed by atoms with van der Waals surface area (Å²) in [5.41, 5.74) is 0. The standard InChI is InChI=1S/C8H14O2/c9-6-5-7-3-1-2-4-8(7)10/h5-10H,1-4H2. The van der Waals surface area contributed by atoms with E-state index in [-0.39, 0.29) is 12.0 Å². The first-order valence-electron chi connectivity index (χ1n) is 3.83. The van der Waals surface area contributed by atoms with E-state index in [1.807, 2.05) is 0 Å². The molecule has 1 saturated carbocycles. The van der Waals surface area contributed by atoms with E-state index in [4.69, 9.17) is 5.11 Å². The molecule has 2 unspecified atom stereocenters. The molecule has 0 heterocycles. The molecule has 0 aliphatic heterocycles. The molecule has 1 fully saturated rings. The van der Waals surface area contributed by atoms with Gasteiger partial charge < -0.3 is 10.2 Å². The third kappa shape index (κ3) is 1.74. The van der Waals surface area contributed by atoms with Crippen LogP contribution < -0.4 is 0 Å². The number of hydrogen-bond donors (Lipinski definition) is 2. The summed E-state index contributed by atoms with van der Waals surface area (Å²) in [6.07, 6.45) is 6.69. The molecule has 0 bridgehead atoms. The molecule has 0 radical (unpaired) electrons. The molecule has 58 valence electrons. The van der Waals surface area contributed by atoms with E-state index in [0.29, 0.717) is 0 Å². The van der Waals surface area contributed by atoms with Gasteiger partial charge in [-0.15, -0.1) is 0 Å². The lowest BCUT2D eigenvalue weighted by Gasteiger charge is -2.24. The second-order valence-electron chi connectivity index (χ2n) is 2.86. The van der Waals surface area contributed by atoms with Gasteiger partial charge in [0.15, 0.2) is 0 Å². The zero-order chi connectivity index (χ0) is 7.40. The summed E-state index contributed by atoms with van der Waals surface area (Å²) in [5, 5.41) is 17.8. The lowest BCUT2D eigenvalue weighted by molar-refractivity contribution is 0.0918. The Morgan fingerprint density at radius 3 is 2.50 bits per heavy atom. The highest BCUT2D eigenvalue weighted by Gasteiger charge is 2.19. The number of aliphatic hydroxyl groups is 2. The van der Waals surface area contributed by atoms with Crippen molar-refractivity contribution in [3.63, 3.8) is 0 Å². The van der Waals surface area contributed by atoms with Crippen molar-refractivity contribution in [3.05, 3.63) is 12.3 Å². The van der Waals surface area contributed by atoms with Gasteiger partial charge in [-0.2, -0.15) is 0 Å². The van der Waals surface area contributed by atoms with E-state index in [9.17, 15) is 5.11 Å². The van der Waals surface area contributed by atoms with E-state index in [2.05, 4.69) is 0 Å². The van der Waals surface area contributed by atoms with Crippen molar-refractivity contribution in [2.45, 2.75) is 31.8 Å². The van der Waals surface area contributed by atoms with Crippen LogP contribution in [0.1, 0.15) is 25.7 Å². The van der Waals surface area contributed by atoms with Crippen molar-refractivity contribution in [3.8, 4) is 0 Å². The third-order valence-corrected chi connectivity index (χ3v) is 2.11. The zero-order valence-electron chi connectivity index (χ0n) is 6.03. The Balaban J connectivity index is 2.39. The van der Waals surface area contributed by atoms with Crippen LogP contribution in [-0.2, 0) is 0 Å². The minimum absolute atomic E-state index is 0.193. The molecule has 0 spiro atoms. The SMILES string of the molecule is OC=CC1CCCCC1O. The molecule has 2 atom stereocenters. The van der Waals surface area contributed by atoms with E-state index < -0.39 is 0 Å². The van der Waals surface area contributed by atoms with Crippen molar-refractivity contribution < 1.29 is 10.2 Å². The van der Waals surface area contributed by atoms with Crippen molar-refractivity contribution in [2.75, 3.05) is 0 Å². The summed E-state index contributed by atoms with van der Waals surface area (Å²) in [4.78, 5) is 0. The smallest absolute Gasteiger partial charge is 0.0755 e. The largest absolute Gasteiger partial charge is 0.516 e. The Hall–Kier alpha value is -0.500. The monoisotopic (exact) mass is 142 g/mol. The molecule has 2 N–H and O–H groups in total. The van der Waals surface area contributed by atoms with Crippen LogP contribution in [0.2, 0.25) is 0 Å². The molecule has 2 nitrogen and oxygen atoms in total. The molecule has 0 aromatic heterocycles. The second-order valence-corrected chi connectivity index (χ2v) is 2.86. The van der Waals surface area contributed by atoms with Crippen LogP contribution in [0, 0.1) is 5.92 Å². The van der Waals surface area contributed by atoms with Crippen LogP contribution in [0.3, 0.4) is 0 Å². The summed E-state index contributed by atoms with van der Waals surface area (Å²) < 4.78 is 0. The van der Waals surface area contributed by atoms with Gasteiger partial charge in [0.2, 0.25) is 0 Å². The van der Waals surface area contributed by atoms with Gasteiger partial charge in [-0.1, -0.05) is 12.8 Å². The summed E-state index contributed by atoms with van der Waals surface area (Å²) in [7, 11) is 0. The predicted octanol–water partition coefficient (Wildman–Crippen LogP) is 1.61. The molecule has 2 heteroatoms. The Labute approximate surface area is 61.2 Å². The summed E-state index contributed by atoms with van der Waals surface area (Å²) in [5.74, 6) is 0.193. The van der Waals surface area contributed by atoms with E-state index in [1.54, 1.807) is 6.08 Å². The maximum atomic E-state index is 9.34. The lowest BCUT2D eigenvalue weighted by atomic mass is 9.87. The van der Waals surface area contributed by atoms with Gasteiger partial charge in [0.1, 0.15) is 0 Å². The van der Waals surface area contributed by atoms with Crippen molar-refractivity contribution in [2.24, 2.45) is 5.92 Å². The highest BCUT2D eigenvalue weighted by atomic mass is 16.3. The van der Waals surface area contributed by atoms with Crippen molar-refractivity contribution in [1.29, 1.82) is 0 Å². The summed E-state index contributed by atoms with van der Waals surface area (Å²) in [6.45, 7) is 0. The molecule has 1 rings (SSSR count). The van der Waals surface area contributed by atoms with Crippen LogP contribution >= 0.6 is 0 Å². The summed E-state index contributed by atoms with van der Waals surface area (Å²) >= 11 is 0. The van der Waals surface area contributed by atoms with Gasteiger partial charge in [-0.25, -0.2) is 0 Å². The van der Waals surface area contributed by atoms with Gasteiger partial charge in [-0.3, -0.25) is 0 Å². The molecular weight excluding hydrogens is 128 g/mol. The molecule has 0 aromatic rings. The Morgan fingerprint density at radius 2 is 1.90 bits per heavy atom. The quantitative estimate of drug-likeness (QED) is 0.546. The minimum Gasteiger partial charge on any atom is -0.516 e. The fourth-order valence-electron chi connectivity index (χ4n) is 1.48. The van der Waals surface area contributed by atoms with E-state index in [0.717, 1.165) is 25.5 Å². The fourth-order valence-corrected chi connectivity index (χ4v) is 1.48. The third-order valence-electron chi connectivity index (χ3n) is 2.11. The summed E-state index contributed by atoms with van der Waals surface area (Å²) in [6, 6.07) is 0. The van der Waals surface area contributed by atoms with Gasteiger partial charge in [0, 0.05) is 5.92 Å². The van der Waals surface area contributed by atoms with Gasteiger partial charge in [0.25, 0.3) is 0 Å². The Morgan fingerprint density at radius 1 is 1.20 bits per heavy atom. The average Bonchev–Trinajstić information content (AvgIpc) is 1.94. The van der Waals surface area contributed by atoms with Crippen molar-refractivity contribution >= 4 is 0 Å². The van der Waals surface area contributed by atoms with Crippen LogP contribution in [0.15, 0.2) is 12.3 Å². The maximum Gasteiger partial charge on any atom is 0.0755 e.